The molecule has 70 valence electrons. The Labute approximate surface area is 78.6 Å². The Morgan fingerprint density at radius 1 is 1.54 bits per heavy atom. The van der Waals surface area contributed by atoms with Gasteiger partial charge in [0.15, 0.2) is 0 Å². The molecule has 0 aliphatic heterocycles. The number of aromatic nitrogens is 1. The van der Waals surface area contributed by atoms with E-state index in [0.29, 0.717) is 0 Å². The van der Waals surface area contributed by atoms with Gasteiger partial charge in [-0.15, -0.1) is 0 Å². The fourth-order valence-corrected chi connectivity index (χ4v) is 2.08. The van der Waals surface area contributed by atoms with Crippen LogP contribution >= 0.6 is 0 Å². The fourth-order valence-electron chi connectivity index (χ4n) is 2.08. The number of pyridine rings is 1. The number of hydrogen-bond acceptors (Lipinski definition) is 2. The Bertz CT molecular complexity index is 316. The summed E-state index contributed by atoms with van der Waals surface area (Å²) in [7, 11) is 0. The molecule has 1 aliphatic rings. The maximum atomic E-state index is 9.70. The predicted octanol–water partition coefficient (Wildman–Crippen LogP) is 1.80. The molecule has 0 spiro atoms. The van der Waals surface area contributed by atoms with Crippen molar-refractivity contribution in [3.8, 4) is 0 Å². The predicted molar refractivity (Wildman–Crippen MR) is 51.6 cm³/mol. The van der Waals surface area contributed by atoms with Crippen molar-refractivity contribution in [2.75, 3.05) is 0 Å². The third-order valence-electron chi connectivity index (χ3n) is 3.15. The molecular weight excluding hydrogens is 162 g/mol. The zero-order valence-corrected chi connectivity index (χ0v) is 8.12. The van der Waals surface area contributed by atoms with Crippen LogP contribution in [-0.4, -0.2) is 16.2 Å². The van der Waals surface area contributed by atoms with Gasteiger partial charge in [0.2, 0.25) is 0 Å². The standard InChI is InChI=1S/C11H15NO/c1-8-7-12-6-3-10(8)11(4-5-11)9(2)13/h3,6-7,9,13H,4-5H2,1-2H3. The monoisotopic (exact) mass is 177 g/mol. The summed E-state index contributed by atoms with van der Waals surface area (Å²) in [5.74, 6) is 0. The van der Waals surface area contributed by atoms with Crippen LogP contribution in [0.3, 0.4) is 0 Å². The lowest BCUT2D eigenvalue weighted by Gasteiger charge is -2.20. The molecule has 0 saturated heterocycles. The Balaban J connectivity index is 2.41. The van der Waals surface area contributed by atoms with Crippen molar-refractivity contribution in [1.29, 1.82) is 0 Å². The van der Waals surface area contributed by atoms with Gasteiger partial charge in [-0.2, -0.15) is 0 Å². The van der Waals surface area contributed by atoms with Crippen LogP contribution in [0, 0.1) is 6.92 Å². The van der Waals surface area contributed by atoms with Crippen molar-refractivity contribution in [3.63, 3.8) is 0 Å². The first kappa shape index (κ1) is 8.70. The third kappa shape index (κ3) is 1.25. The van der Waals surface area contributed by atoms with Crippen LogP contribution in [0.15, 0.2) is 18.5 Å². The Hall–Kier alpha value is -0.890. The molecule has 0 radical (unpaired) electrons. The van der Waals surface area contributed by atoms with E-state index in [9.17, 15) is 5.11 Å². The molecule has 2 heteroatoms. The van der Waals surface area contributed by atoms with Gasteiger partial charge in [-0.3, -0.25) is 4.98 Å². The highest BCUT2D eigenvalue weighted by atomic mass is 16.3. The molecule has 1 aromatic rings. The van der Waals surface area contributed by atoms with Crippen molar-refractivity contribution in [2.24, 2.45) is 0 Å². The van der Waals surface area contributed by atoms with E-state index in [1.807, 2.05) is 25.4 Å². The topological polar surface area (TPSA) is 33.1 Å². The van der Waals surface area contributed by atoms with Gasteiger partial charge < -0.3 is 5.11 Å². The summed E-state index contributed by atoms with van der Waals surface area (Å²) in [5, 5.41) is 9.70. The number of nitrogens with zero attached hydrogens (tertiary/aromatic N) is 1. The minimum atomic E-state index is -0.242. The van der Waals surface area contributed by atoms with E-state index in [1.165, 1.54) is 11.1 Å². The molecule has 0 bridgehead atoms. The molecule has 0 aromatic carbocycles. The summed E-state index contributed by atoms with van der Waals surface area (Å²) >= 11 is 0. The molecule has 13 heavy (non-hydrogen) atoms. The highest BCUT2D eigenvalue weighted by molar-refractivity contribution is 5.37. The van der Waals surface area contributed by atoms with Crippen LogP contribution in [0.2, 0.25) is 0 Å². The van der Waals surface area contributed by atoms with Crippen molar-refractivity contribution in [2.45, 2.75) is 38.2 Å². The van der Waals surface area contributed by atoms with Crippen molar-refractivity contribution < 1.29 is 5.11 Å². The average Bonchev–Trinajstić information content (AvgIpc) is 2.85. The minimum Gasteiger partial charge on any atom is -0.392 e. The zero-order valence-electron chi connectivity index (χ0n) is 8.12. The SMILES string of the molecule is Cc1cnccc1C1(C(C)O)CC1. The lowest BCUT2D eigenvalue weighted by atomic mass is 9.89. The van der Waals surface area contributed by atoms with E-state index in [1.54, 1.807) is 0 Å². The number of aliphatic hydroxyl groups is 1. The van der Waals surface area contributed by atoms with Gasteiger partial charge in [0.1, 0.15) is 0 Å². The summed E-state index contributed by atoms with van der Waals surface area (Å²) in [6.07, 6.45) is 5.65. The number of rotatable bonds is 2. The Morgan fingerprint density at radius 3 is 2.69 bits per heavy atom. The lowest BCUT2D eigenvalue weighted by molar-refractivity contribution is 0.150. The summed E-state index contributed by atoms with van der Waals surface area (Å²) < 4.78 is 0. The summed E-state index contributed by atoms with van der Waals surface area (Å²) in [6.45, 7) is 3.94. The van der Waals surface area contributed by atoms with Crippen molar-refractivity contribution in [3.05, 3.63) is 29.6 Å². The molecule has 1 N–H and O–H groups in total. The molecule has 1 aliphatic carbocycles. The van der Waals surface area contributed by atoms with Crippen molar-refractivity contribution in [1.82, 2.24) is 4.98 Å². The molecule has 1 saturated carbocycles. The normalized spacial score (nSPS) is 21.2. The highest BCUT2D eigenvalue weighted by Crippen LogP contribution is 2.51. The molecule has 1 heterocycles. The van der Waals surface area contributed by atoms with Crippen LogP contribution in [0.1, 0.15) is 30.9 Å². The van der Waals surface area contributed by atoms with Crippen LogP contribution in [0.5, 0.6) is 0 Å². The second kappa shape index (κ2) is 2.81. The van der Waals surface area contributed by atoms with Crippen LogP contribution in [0.25, 0.3) is 0 Å². The van der Waals surface area contributed by atoms with Crippen LogP contribution in [0.4, 0.5) is 0 Å². The molecule has 2 rings (SSSR count). The second-order valence-corrected chi connectivity index (χ2v) is 4.02. The van der Waals surface area contributed by atoms with Gasteiger partial charge in [0.05, 0.1) is 6.10 Å². The second-order valence-electron chi connectivity index (χ2n) is 4.02. The van der Waals surface area contributed by atoms with E-state index in [-0.39, 0.29) is 11.5 Å². The number of aliphatic hydroxyl groups excluding tert-OH is 1. The van der Waals surface area contributed by atoms with Gasteiger partial charge in [0, 0.05) is 17.8 Å². The van der Waals surface area contributed by atoms with E-state index in [4.69, 9.17) is 0 Å². The van der Waals surface area contributed by atoms with Gasteiger partial charge in [-0.05, 0) is 43.9 Å². The maximum absolute atomic E-state index is 9.70. The van der Waals surface area contributed by atoms with E-state index >= 15 is 0 Å². The van der Waals surface area contributed by atoms with Gasteiger partial charge in [0.25, 0.3) is 0 Å². The minimum absolute atomic E-state index is 0.0486. The quantitative estimate of drug-likeness (QED) is 0.747. The highest BCUT2D eigenvalue weighted by Gasteiger charge is 2.48. The molecule has 2 nitrogen and oxygen atoms in total. The summed E-state index contributed by atoms with van der Waals surface area (Å²) in [6, 6.07) is 2.04. The maximum Gasteiger partial charge on any atom is 0.0608 e. The Morgan fingerprint density at radius 2 is 2.23 bits per heavy atom. The van der Waals surface area contributed by atoms with E-state index in [0.717, 1.165) is 12.8 Å². The molecule has 1 atom stereocenters. The third-order valence-corrected chi connectivity index (χ3v) is 3.15. The molecular formula is C11H15NO. The molecule has 0 amide bonds. The first-order valence-electron chi connectivity index (χ1n) is 4.76. The van der Waals surface area contributed by atoms with E-state index in [2.05, 4.69) is 11.9 Å². The van der Waals surface area contributed by atoms with Crippen molar-refractivity contribution >= 4 is 0 Å². The molecule has 1 unspecified atom stereocenters. The first-order valence-corrected chi connectivity index (χ1v) is 4.76. The fraction of sp³-hybridized carbons (Fsp3) is 0.545. The molecule has 1 aromatic heterocycles. The first-order chi connectivity index (χ1) is 6.17. The van der Waals surface area contributed by atoms with Crippen LogP contribution in [-0.2, 0) is 5.41 Å². The van der Waals surface area contributed by atoms with Crippen LogP contribution < -0.4 is 0 Å². The van der Waals surface area contributed by atoms with Gasteiger partial charge in [-0.1, -0.05) is 0 Å². The Kier molecular flexibility index (Phi) is 1.88. The van der Waals surface area contributed by atoms with Gasteiger partial charge >= 0.3 is 0 Å². The summed E-state index contributed by atoms with van der Waals surface area (Å²) in [5.41, 5.74) is 2.52. The summed E-state index contributed by atoms with van der Waals surface area (Å²) in [4.78, 5) is 4.06. The van der Waals surface area contributed by atoms with Gasteiger partial charge in [-0.25, -0.2) is 0 Å². The number of hydrogen-bond donors (Lipinski definition) is 1. The average molecular weight is 177 g/mol. The largest absolute Gasteiger partial charge is 0.392 e. The molecule has 1 fully saturated rings. The number of aryl methyl sites for hydroxylation is 1. The zero-order chi connectivity index (χ0) is 9.47. The van der Waals surface area contributed by atoms with E-state index < -0.39 is 0 Å². The lowest BCUT2D eigenvalue weighted by Crippen LogP contribution is -2.23. The smallest absolute Gasteiger partial charge is 0.0608 e.